The lowest BCUT2D eigenvalue weighted by Crippen LogP contribution is -2.16. The predicted octanol–water partition coefficient (Wildman–Crippen LogP) is 4.10. The van der Waals surface area contributed by atoms with Crippen LogP contribution in [-0.2, 0) is 21.2 Å². The lowest BCUT2D eigenvalue weighted by atomic mass is 10.2. The molecule has 0 aliphatic heterocycles. The largest absolute Gasteiger partial charge is 0.495 e. The lowest BCUT2D eigenvalue weighted by molar-refractivity contribution is -0.115. The molecule has 0 fully saturated rings. The minimum absolute atomic E-state index is 0.00377. The number of rotatable bonds is 7. The zero-order valence-electron chi connectivity index (χ0n) is 15.6. The Morgan fingerprint density at radius 2 is 1.93 bits per heavy atom. The fourth-order valence-electron chi connectivity index (χ4n) is 2.48. The van der Waals surface area contributed by atoms with Crippen molar-refractivity contribution in [1.29, 1.82) is 0 Å². The summed E-state index contributed by atoms with van der Waals surface area (Å²) < 4.78 is 32.5. The van der Waals surface area contributed by atoms with Gasteiger partial charge in [-0.1, -0.05) is 17.7 Å². The van der Waals surface area contributed by atoms with E-state index < -0.39 is 10.0 Å². The quantitative estimate of drug-likeness (QED) is 0.563. The van der Waals surface area contributed by atoms with Crippen molar-refractivity contribution in [3.63, 3.8) is 0 Å². The Hall–Kier alpha value is -2.62. The zero-order valence-corrected chi connectivity index (χ0v) is 18.0. The summed E-state index contributed by atoms with van der Waals surface area (Å²) in [5, 5.41) is 5.02. The van der Waals surface area contributed by atoms with Crippen molar-refractivity contribution in [2.24, 2.45) is 0 Å². The summed E-state index contributed by atoms with van der Waals surface area (Å²) in [5.74, 6) is 0.276. The number of sulfonamides is 1. The number of anilines is 2. The first-order chi connectivity index (χ1) is 13.8. The van der Waals surface area contributed by atoms with Crippen LogP contribution in [0.25, 0.3) is 0 Å². The van der Waals surface area contributed by atoms with Crippen molar-refractivity contribution in [3.05, 3.63) is 64.1 Å². The van der Waals surface area contributed by atoms with Crippen LogP contribution in [0.2, 0.25) is 5.02 Å². The molecule has 152 valence electrons. The monoisotopic (exact) mass is 451 g/mol. The van der Waals surface area contributed by atoms with E-state index in [9.17, 15) is 13.2 Å². The van der Waals surface area contributed by atoms with Crippen LogP contribution >= 0.6 is 22.9 Å². The zero-order chi connectivity index (χ0) is 21.0. The molecule has 3 rings (SSSR count). The number of nitrogens with one attached hydrogen (secondary N) is 2. The number of benzene rings is 2. The van der Waals surface area contributed by atoms with Gasteiger partial charge in [0.15, 0.2) is 5.13 Å². The normalized spacial score (nSPS) is 11.1. The minimum atomic E-state index is -3.78. The van der Waals surface area contributed by atoms with Gasteiger partial charge in [0.25, 0.3) is 10.0 Å². The van der Waals surface area contributed by atoms with Gasteiger partial charge in [-0.3, -0.25) is 9.52 Å². The molecule has 1 heterocycles. The Bertz CT molecular complexity index is 1130. The molecule has 1 aromatic heterocycles. The topological polar surface area (TPSA) is 97.4 Å². The summed E-state index contributed by atoms with van der Waals surface area (Å²) >= 11 is 6.89. The van der Waals surface area contributed by atoms with Crippen molar-refractivity contribution in [2.45, 2.75) is 18.2 Å². The number of hydrogen-bond acceptors (Lipinski definition) is 6. The van der Waals surface area contributed by atoms with Gasteiger partial charge in [0.2, 0.25) is 5.91 Å². The number of nitrogens with zero attached hydrogens (tertiary/aromatic N) is 1. The average Bonchev–Trinajstić information content (AvgIpc) is 3.09. The summed E-state index contributed by atoms with van der Waals surface area (Å²) in [7, 11) is -2.25. The van der Waals surface area contributed by atoms with Gasteiger partial charge in [-0.2, -0.15) is 0 Å². The molecule has 0 spiro atoms. The van der Waals surface area contributed by atoms with Gasteiger partial charge in [0.05, 0.1) is 29.8 Å². The number of hydrogen-bond donors (Lipinski definition) is 2. The number of aromatic nitrogens is 1. The Kier molecular flexibility index (Phi) is 6.41. The Balaban J connectivity index is 1.66. The van der Waals surface area contributed by atoms with Crippen LogP contribution in [0.3, 0.4) is 0 Å². The molecular weight excluding hydrogens is 434 g/mol. The molecular formula is C19H18ClN3O4S2. The number of carbonyl (C=O) groups excluding carboxylic acids is 1. The molecule has 0 unspecified atom stereocenters. The van der Waals surface area contributed by atoms with Crippen LogP contribution in [-0.4, -0.2) is 26.4 Å². The SMILES string of the molecule is COc1cc(C)ccc1NC(=O)Cc1csc(NS(=O)(=O)c2ccc(Cl)cc2)n1. The molecule has 0 radical (unpaired) electrons. The van der Waals surface area contributed by atoms with Gasteiger partial charge < -0.3 is 10.1 Å². The van der Waals surface area contributed by atoms with E-state index in [4.69, 9.17) is 16.3 Å². The maximum Gasteiger partial charge on any atom is 0.263 e. The summed E-state index contributed by atoms with van der Waals surface area (Å²) in [4.78, 5) is 16.6. The maximum absolute atomic E-state index is 12.4. The molecule has 2 N–H and O–H groups in total. The van der Waals surface area contributed by atoms with Crippen LogP contribution in [0.1, 0.15) is 11.3 Å². The van der Waals surface area contributed by atoms with Crippen LogP contribution in [0.4, 0.5) is 10.8 Å². The summed E-state index contributed by atoms with van der Waals surface area (Å²) in [6.45, 7) is 1.93. The first-order valence-corrected chi connectivity index (χ1v) is 11.2. The van der Waals surface area contributed by atoms with Crippen LogP contribution in [0.15, 0.2) is 52.7 Å². The molecule has 3 aromatic rings. The second-order valence-electron chi connectivity index (χ2n) is 6.13. The number of methoxy groups -OCH3 is 1. The van der Waals surface area contributed by atoms with Crippen LogP contribution in [0.5, 0.6) is 5.75 Å². The van der Waals surface area contributed by atoms with Crippen molar-refractivity contribution in [1.82, 2.24) is 4.98 Å². The summed E-state index contributed by atoms with van der Waals surface area (Å²) in [5.41, 5.74) is 2.02. The smallest absolute Gasteiger partial charge is 0.263 e. The van der Waals surface area contributed by atoms with E-state index in [1.807, 2.05) is 19.1 Å². The number of halogens is 1. The van der Waals surface area contributed by atoms with Crippen LogP contribution in [0, 0.1) is 6.92 Å². The molecule has 10 heteroatoms. The van der Waals surface area contributed by atoms with E-state index in [0.717, 1.165) is 16.9 Å². The van der Waals surface area contributed by atoms with Gasteiger partial charge in [-0.25, -0.2) is 13.4 Å². The van der Waals surface area contributed by atoms with E-state index in [1.54, 1.807) is 11.4 Å². The molecule has 0 aliphatic rings. The maximum atomic E-state index is 12.4. The third-order valence-electron chi connectivity index (χ3n) is 3.87. The second-order valence-corrected chi connectivity index (χ2v) is 9.11. The van der Waals surface area contributed by atoms with Crippen molar-refractivity contribution < 1.29 is 17.9 Å². The van der Waals surface area contributed by atoms with E-state index in [2.05, 4.69) is 15.0 Å². The van der Waals surface area contributed by atoms with E-state index in [-0.39, 0.29) is 22.4 Å². The lowest BCUT2D eigenvalue weighted by Gasteiger charge is -2.10. The third kappa shape index (κ3) is 5.47. The molecule has 29 heavy (non-hydrogen) atoms. The fourth-order valence-corrected chi connectivity index (χ4v) is 4.57. The number of carbonyl (C=O) groups is 1. The Morgan fingerprint density at radius 1 is 1.21 bits per heavy atom. The molecule has 7 nitrogen and oxygen atoms in total. The number of thiazole rings is 1. The average molecular weight is 452 g/mol. The van der Waals surface area contributed by atoms with E-state index >= 15 is 0 Å². The first-order valence-electron chi connectivity index (χ1n) is 8.44. The highest BCUT2D eigenvalue weighted by Gasteiger charge is 2.17. The fraction of sp³-hybridized carbons (Fsp3) is 0.158. The number of ether oxygens (including phenoxy) is 1. The molecule has 0 saturated carbocycles. The standard InChI is InChI=1S/C19H18ClN3O4S2/c1-12-3-8-16(17(9-12)27-2)22-18(24)10-14-11-28-19(21-14)23-29(25,26)15-6-4-13(20)5-7-15/h3-9,11H,10H2,1-2H3,(H,21,23)(H,22,24). The van der Waals surface area contributed by atoms with Gasteiger partial charge in [-0.15, -0.1) is 11.3 Å². The highest BCUT2D eigenvalue weighted by Crippen LogP contribution is 2.26. The van der Waals surface area contributed by atoms with Gasteiger partial charge in [-0.05, 0) is 48.9 Å². The third-order valence-corrected chi connectivity index (χ3v) is 6.41. The second kappa shape index (κ2) is 8.81. The van der Waals surface area contributed by atoms with Crippen molar-refractivity contribution in [2.75, 3.05) is 17.1 Å². The van der Waals surface area contributed by atoms with Gasteiger partial charge in [0, 0.05) is 10.4 Å². The van der Waals surface area contributed by atoms with Crippen molar-refractivity contribution in [3.8, 4) is 5.75 Å². The Morgan fingerprint density at radius 3 is 2.62 bits per heavy atom. The van der Waals surface area contributed by atoms with Gasteiger partial charge in [0.1, 0.15) is 5.75 Å². The minimum Gasteiger partial charge on any atom is -0.495 e. The summed E-state index contributed by atoms with van der Waals surface area (Å²) in [6, 6.07) is 11.2. The highest BCUT2D eigenvalue weighted by molar-refractivity contribution is 7.93. The van der Waals surface area contributed by atoms with Crippen molar-refractivity contribution >= 4 is 49.7 Å². The molecule has 1 amide bonds. The van der Waals surface area contributed by atoms with Crippen LogP contribution < -0.4 is 14.8 Å². The molecule has 0 saturated heterocycles. The predicted molar refractivity (Wildman–Crippen MR) is 114 cm³/mol. The molecule has 2 aromatic carbocycles. The first kappa shape index (κ1) is 21.1. The molecule has 0 bridgehead atoms. The molecule has 0 aliphatic carbocycles. The highest BCUT2D eigenvalue weighted by atomic mass is 35.5. The molecule has 0 atom stereocenters. The van der Waals surface area contributed by atoms with E-state index in [0.29, 0.717) is 22.2 Å². The number of amides is 1. The summed E-state index contributed by atoms with van der Waals surface area (Å²) in [6.07, 6.45) is -0.00377. The van der Waals surface area contributed by atoms with E-state index in [1.165, 1.54) is 31.4 Å². The Labute approximate surface area is 177 Å². The number of aryl methyl sites for hydroxylation is 1. The van der Waals surface area contributed by atoms with Gasteiger partial charge >= 0.3 is 0 Å².